The first-order valence-corrected chi connectivity index (χ1v) is 7.49. The summed E-state index contributed by atoms with van der Waals surface area (Å²) >= 11 is 0. The molecule has 0 aliphatic heterocycles. The lowest BCUT2D eigenvalue weighted by molar-refractivity contribution is 0.167. The number of nitrogen functional groups attached to an aromatic ring is 1. The molecule has 7 heteroatoms. The van der Waals surface area contributed by atoms with Crippen LogP contribution in [-0.4, -0.2) is 26.2 Å². The molecule has 1 atom stereocenters. The Morgan fingerprint density at radius 1 is 1.47 bits per heavy atom. The molecular formula is C12H19FN2O3S. The monoisotopic (exact) mass is 290 g/mol. The van der Waals surface area contributed by atoms with E-state index in [0.717, 1.165) is 12.5 Å². The van der Waals surface area contributed by atoms with E-state index < -0.39 is 21.9 Å². The van der Waals surface area contributed by atoms with E-state index >= 15 is 0 Å². The highest BCUT2D eigenvalue weighted by Gasteiger charge is 2.18. The summed E-state index contributed by atoms with van der Waals surface area (Å²) in [5.74, 6) is -0.620. The molecule has 0 radical (unpaired) electrons. The molecule has 0 saturated heterocycles. The number of halogens is 1. The maximum Gasteiger partial charge on any atom is 0.240 e. The van der Waals surface area contributed by atoms with Crippen LogP contribution in [0.3, 0.4) is 0 Å². The van der Waals surface area contributed by atoms with Crippen molar-refractivity contribution in [3.8, 4) is 0 Å². The third-order valence-corrected chi connectivity index (χ3v) is 4.10. The highest BCUT2D eigenvalue weighted by atomic mass is 32.2. The molecule has 0 aliphatic rings. The van der Waals surface area contributed by atoms with Crippen LogP contribution in [0.5, 0.6) is 0 Å². The van der Waals surface area contributed by atoms with Crippen molar-refractivity contribution >= 4 is 15.7 Å². The van der Waals surface area contributed by atoms with Crippen LogP contribution in [0.25, 0.3) is 0 Å². The van der Waals surface area contributed by atoms with Gasteiger partial charge in [-0.1, -0.05) is 13.3 Å². The van der Waals surface area contributed by atoms with E-state index in [0.29, 0.717) is 6.42 Å². The molecule has 1 aromatic carbocycles. The van der Waals surface area contributed by atoms with Crippen LogP contribution < -0.4 is 10.5 Å². The summed E-state index contributed by atoms with van der Waals surface area (Å²) in [5.41, 5.74) is 5.35. The Morgan fingerprint density at radius 3 is 2.63 bits per heavy atom. The van der Waals surface area contributed by atoms with Crippen LogP contribution in [0, 0.1) is 12.7 Å². The van der Waals surface area contributed by atoms with Crippen LogP contribution >= 0.6 is 0 Å². The summed E-state index contributed by atoms with van der Waals surface area (Å²) in [6.07, 6.45) is 0.525. The van der Waals surface area contributed by atoms with Crippen LogP contribution in [0.4, 0.5) is 10.1 Å². The summed E-state index contributed by atoms with van der Waals surface area (Å²) in [7, 11) is -3.79. The summed E-state index contributed by atoms with van der Waals surface area (Å²) in [6, 6.07) is 2.27. The third-order valence-electron chi connectivity index (χ3n) is 2.70. The number of benzene rings is 1. The van der Waals surface area contributed by atoms with Gasteiger partial charge in [-0.3, -0.25) is 0 Å². The predicted molar refractivity (Wildman–Crippen MR) is 71.7 cm³/mol. The number of aliphatic hydroxyl groups is 1. The SMILES string of the molecule is CCCC(O)CNS(=O)(=O)c1cc(C)c(F)c(N)c1. The van der Waals surface area contributed by atoms with E-state index in [9.17, 15) is 17.9 Å². The number of anilines is 1. The smallest absolute Gasteiger partial charge is 0.240 e. The molecule has 0 bridgehead atoms. The van der Waals surface area contributed by atoms with Crippen molar-refractivity contribution in [2.45, 2.75) is 37.7 Å². The zero-order chi connectivity index (χ0) is 14.6. The van der Waals surface area contributed by atoms with Gasteiger partial charge in [-0.15, -0.1) is 0 Å². The minimum absolute atomic E-state index is 0.0769. The van der Waals surface area contributed by atoms with Crippen molar-refractivity contribution in [3.05, 3.63) is 23.5 Å². The van der Waals surface area contributed by atoms with Gasteiger partial charge >= 0.3 is 0 Å². The van der Waals surface area contributed by atoms with Gasteiger partial charge < -0.3 is 10.8 Å². The van der Waals surface area contributed by atoms with Crippen LogP contribution in [0.15, 0.2) is 17.0 Å². The minimum Gasteiger partial charge on any atom is -0.396 e. The van der Waals surface area contributed by atoms with Crippen LogP contribution in [-0.2, 0) is 10.0 Å². The summed E-state index contributed by atoms with van der Waals surface area (Å²) < 4.78 is 39.5. The van der Waals surface area contributed by atoms with E-state index in [-0.39, 0.29) is 22.7 Å². The molecule has 0 saturated carbocycles. The third kappa shape index (κ3) is 4.15. The number of nitrogens with two attached hydrogens (primary N) is 1. The molecule has 1 unspecified atom stereocenters. The molecule has 0 fully saturated rings. The topological polar surface area (TPSA) is 92.4 Å². The summed E-state index contributed by atoms with van der Waals surface area (Å²) in [6.45, 7) is 3.25. The molecular weight excluding hydrogens is 271 g/mol. The van der Waals surface area contributed by atoms with Gasteiger partial charge in [0.15, 0.2) is 0 Å². The number of nitrogens with one attached hydrogen (secondary N) is 1. The lowest BCUT2D eigenvalue weighted by Crippen LogP contribution is -2.32. The number of hydrogen-bond acceptors (Lipinski definition) is 4. The molecule has 1 aromatic rings. The lowest BCUT2D eigenvalue weighted by atomic mass is 10.2. The van der Waals surface area contributed by atoms with Crippen molar-refractivity contribution < 1.29 is 17.9 Å². The Morgan fingerprint density at radius 2 is 2.11 bits per heavy atom. The number of aliphatic hydroxyl groups excluding tert-OH is 1. The van der Waals surface area contributed by atoms with Gasteiger partial charge in [0.1, 0.15) is 5.82 Å². The van der Waals surface area contributed by atoms with Crippen molar-refractivity contribution in [3.63, 3.8) is 0 Å². The second-order valence-corrected chi connectivity index (χ2v) is 6.20. The maximum atomic E-state index is 13.3. The fourth-order valence-electron chi connectivity index (χ4n) is 1.64. The molecule has 0 spiro atoms. The Kier molecular flexibility index (Phi) is 5.28. The molecule has 19 heavy (non-hydrogen) atoms. The molecule has 0 heterocycles. The van der Waals surface area contributed by atoms with Gasteiger partial charge in [-0.05, 0) is 31.0 Å². The Labute approximate surface area is 112 Å². The predicted octanol–water partition coefficient (Wildman–Crippen LogP) is 1.16. The molecule has 4 N–H and O–H groups in total. The van der Waals surface area contributed by atoms with E-state index in [1.807, 2.05) is 6.92 Å². The second kappa shape index (κ2) is 6.31. The van der Waals surface area contributed by atoms with Crippen molar-refractivity contribution in [2.75, 3.05) is 12.3 Å². The number of rotatable bonds is 6. The fraction of sp³-hybridized carbons (Fsp3) is 0.500. The standard InChI is InChI=1S/C12H19FN2O3S/c1-3-4-9(16)7-15-19(17,18)10-5-8(2)12(13)11(14)6-10/h5-6,9,15-16H,3-4,7,14H2,1-2H3. The zero-order valence-electron chi connectivity index (χ0n) is 11.0. The van der Waals surface area contributed by atoms with E-state index in [1.54, 1.807) is 0 Å². The molecule has 108 valence electrons. The minimum atomic E-state index is -3.79. The van der Waals surface area contributed by atoms with Crippen molar-refractivity contribution in [1.29, 1.82) is 0 Å². The first kappa shape index (κ1) is 15.9. The first-order valence-electron chi connectivity index (χ1n) is 6.01. The number of aryl methyl sites for hydroxylation is 1. The van der Waals surface area contributed by atoms with Gasteiger partial charge in [0.05, 0.1) is 16.7 Å². The van der Waals surface area contributed by atoms with E-state index in [1.165, 1.54) is 13.0 Å². The average Bonchev–Trinajstić information content (AvgIpc) is 2.33. The molecule has 0 aliphatic carbocycles. The lowest BCUT2D eigenvalue weighted by Gasteiger charge is -2.12. The van der Waals surface area contributed by atoms with Crippen molar-refractivity contribution in [2.24, 2.45) is 0 Å². The van der Waals surface area contributed by atoms with Gasteiger partial charge in [0.2, 0.25) is 10.0 Å². The maximum absolute atomic E-state index is 13.3. The largest absolute Gasteiger partial charge is 0.396 e. The quantitative estimate of drug-likeness (QED) is 0.685. The molecule has 0 amide bonds. The van der Waals surface area contributed by atoms with Gasteiger partial charge in [-0.25, -0.2) is 17.5 Å². The van der Waals surface area contributed by atoms with Gasteiger partial charge in [-0.2, -0.15) is 0 Å². The van der Waals surface area contributed by atoms with Crippen LogP contribution in [0.2, 0.25) is 0 Å². The normalized spacial score (nSPS) is 13.5. The highest BCUT2D eigenvalue weighted by molar-refractivity contribution is 7.89. The van der Waals surface area contributed by atoms with E-state index in [2.05, 4.69) is 4.72 Å². The van der Waals surface area contributed by atoms with Gasteiger partial charge in [0.25, 0.3) is 0 Å². The average molecular weight is 290 g/mol. The van der Waals surface area contributed by atoms with Crippen molar-refractivity contribution in [1.82, 2.24) is 4.72 Å². The Bertz CT molecular complexity index is 523. The first-order chi connectivity index (χ1) is 8.77. The summed E-state index contributed by atoms with van der Waals surface area (Å²) in [5, 5.41) is 9.50. The summed E-state index contributed by atoms with van der Waals surface area (Å²) in [4.78, 5) is -0.104. The van der Waals surface area contributed by atoms with E-state index in [4.69, 9.17) is 5.73 Å². The van der Waals surface area contributed by atoms with Crippen LogP contribution in [0.1, 0.15) is 25.3 Å². The zero-order valence-corrected chi connectivity index (χ0v) is 11.8. The number of sulfonamides is 1. The Hall–Kier alpha value is -1.18. The fourth-order valence-corrected chi connectivity index (χ4v) is 2.83. The molecule has 0 aromatic heterocycles. The molecule has 5 nitrogen and oxygen atoms in total. The highest BCUT2D eigenvalue weighted by Crippen LogP contribution is 2.20. The molecule has 1 rings (SSSR count). The van der Waals surface area contributed by atoms with Gasteiger partial charge in [0, 0.05) is 6.54 Å². The second-order valence-electron chi connectivity index (χ2n) is 4.44. The number of hydrogen-bond donors (Lipinski definition) is 3. The Balaban J connectivity index is 2.89.